The molecule has 0 fully saturated rings. The highest BCUT2D eigenvalue weighted by atomic mass is 35.5. The van der Waals surface area contributed by atoms with Gasteiger partial charge in [0.2, 0.25) is 5.95 Å². The third-order valence-electron chi connectivity index (χ3n) is 1.44. The Hall–Kier alpha value is -0.810. The zero-order valence-electron chi connectivity index (χ0n) is 6.40. The van der Waals surface area contributed by atoms with Crippen molar-refractivity contribution in [2.75, 3.05) is 0 Å². The van der Waals surface area contributed by atoms with Gasteiger partial charge < -0.3 is 0 Å². The number of carbonyl (C=O) groups is 1. The summed E-state index contributed by atoms with van der Waals surface area (Å²) in [7, 11) is 0. The summed E-state index contributed by atoms with van der Waals surface area (Å²) in [5.74, 6) is -1.36. The summed E-state index contributed by atoms with van der Waals surface area (Å²) in [4.78, 5) is 13.6. The number of halogens is 5. The van der Waals surface area contributed by atoms with E-state index in [0.29, 0.717) is 6.20 Å². The maximum absolute atomic E-state index is 12.8. The van der Waals surface area contributed by atoms with Crippen LogP contribution in [-0.4, -0.2) is 10.2 Å². The van der Waals surface area contributed by atoms with Crippen molar-refractivity contribution in [2.24, 2.45) is 0 Å². The number of hydrogen-bond acceptors (Lipinski definition) is 2. The van der Waals surface area contributed by atoms with Crippen LogP contribution in [0.1, 0.15) is 22.3 Å². The highest BCUT2D eigenvalue weighted by molar-refractivity contribution is 6.68. The van der Waals surface area contributed by atoms with Crippen molar-refractivity contribution in [3.63, 3.8) is 0 Å². The lowest BCUT2D eigenvalue weighted by atomic mass is 10.1. The minimum absolute atomic E-state index is 0.495. The molecular weight excluding hydrogens is 242 g/mol. The first-order chi connectivity index (χ1) is 6.45. The molecular formula is C7H2Cl2F3NO. The number of carbonyl (C=O) groups excluding carboxylic acids is 1. The Bertz CT molecular complexity index is 383. The molecule has 76 valence electrons. The summed E-state index contributed by atoms with van der Waals surface area (Å²) in [5.41, 5.74) is -1.91. The van der Waals surface area contributed by atoms with E-state index in [0.717, 1.165) is 0 Å². The molecule has 1 aromatic rings. The van der Waals surface area contributed by atoms with Crippen LogP contribution in [0.5, 0.6) is 0 Å². The Morgan fingerprint density at radius 3 is 2.43 bits per heavy atom. The zero-order chi connectivity index (χ0) is 10.9. The monoisotopic (exact) mass is 243 g/mol. The third kappa shape index (κ3) is 1.99. The van der Waals surface area contributed by atoms with E-state index in [-0.39, 0.29) is 0 Å². The summed E-state index contributed by atoms with van der Waals surface area (Å²) >= 11 is 10.2. The molecule has 1 rings (SSSR count). The SMILES string of the molecule is O=C(Cl)c1c(F)ncc(Cl)c1C(F)F. The molecule has 0 unspecified atom stereocenters. The largest absolute Gasteiger partial charge is 0.275 e. The van der Waals surface area contributed by atoms with Crippen LogP contribution in [0.2, 0.25) is 5.02 Å². The normalized spacial score (nSPS) is 10.7. The first kappa shape index (κ1) is 11.3. The Kier molecular flexibility index (Phi) is 3.34. The molecule has 0 aromatic carbocycles. The minimum atomic E-state index is -3.09. The van der Waals surface area contributed by atoms with E-state index in [4.69, 9.17) is 23.2 Å². The van der Waals surface area contributed by atoms with Crippen LogP contribution in [-0.2, 0) is 0 Å². The molecule has 1 aromatic heterocycles. The quantitative estimate of drug-likeness (QED) is 0.590. The molecule has 14 heavy (non-hydrogen) atoms. The van der Waals surface area contributed by atoms with E-state index >= 15 is 0 Å². The van der Waals surface area contributed by atoms with Crippen molar-refractivity contribution in [3.05, 3.63) is 28.3 Å². The number of nitrogens with zero attached hydrogens (tertiary/aromatic N) is 1. The van der Waals surface area contributed by atoms with Crippen LogP contribution in [0.25, 0.3) is 0 Å². The number of pyridine rings is 1. The van der Waals surface area contributed by atoms with Gasteiger partial charge in [-0.05, 0) is 11.6 Å². The molecule has 0 radical (unpaired) electrons. The van der Waals surface area contributed by atoms with Crippen LogP contribution >= 0.6 is 23.2 Å². The van der Waals surface area contributed by atoms with E-state index < -0.39 is 33.8 Å². The third-order valence-corrected chi connectivity index (χ3v) is 1.93. The van der Waals surface area contributed by atoms with Gasteiger partial charge in [-0.2, -0.15) is 4.39 Å². The van der Waals surface area contributed by atoms with Crippen LogP contribution in [0.3, 0.4) is 0 Å². The summed E-state index contributed by atoms with van der Waals surface area (Å²) in [5, 5.41) is -1.85. The topological polar surface area (TPSA) is 30.0 Å². The molecule has 0 spiro atoms. The van der Waals surface area contributed by atoms with Gasteiger partial charge in [-0.25, -0.2) is 13.8 Å². The minimum Gasteiger partial charge on any atom is -0.275 e. The van der Waals surface area contributed by atoms with Gasteiger partial charge in [0.25, 0.3) is 11.7 Å². The van der Waals surface area contributed by atoms with Gasteiger partial charge >= 0.3 is 0 Å². The summed E-state index contributed by atoms with van der Waals surface area (Å²) in [6.45, 7) is 0. The Labute approximate surface area is 86.6 Å². The number of hydrogen-bond donors (Lipinski definition) is 0. The van der Waals surface area contributed by atoms with Gasteiger partial charge in [-0.1, -0.05) is 11.6 Å². The predicted octanol–water partition coefficient (Wildman–Crippen LogP) is 3.19. The van der Waals surface area contributed by atoms with Crippen LogP contribution in [0.15, 0.2) is 6.20 Å². The number of alkyl halides is 2. The second-order valence-corrected chi connectivity index (χ2v) is 3.01. The van der Waals surface area contributed by atoms with Gasteiger partial charge in [0, 0.05) is 6.20 Å². The highest BCUT2D eigenvalue weighted by Crippen LogP contribution is 2.31. The average molecular weight is 244 g/mol. The predicted molar refractivity (Wildman–Crippen MR) is 44.3 cm³/mol. The molecule has 7 heteroatoms. The molecule has 0 atom stereocenters. The van der Waals surface area contributed by atoms with Crippen LogP contribution in [0, 0.1) is 5.95 Å². The lowest BCUT2D eigenvalue weighted by Crippen LogP contribution is -2.05. The van der Waals surface area contributed by atoms with Gasteiger partial charge in [-0.3, -0.25) is 4.79 Å². The number of aromatic nitrogens is 1. The maximum atomic E-state index is 12.8. The van der Waals surface area contributed by atoms with Crippen LogP contribution in [0.4, 0.5) is 13.2 Å². The molecule has 0 N–H and O–H groups in total. The van der Waals surface area contributed by atoms with Gasteiger partial charge in [0.1, 0.15) is 0 Å². The first-order valence-electron chi connectivity index (χ1n) is 3.27. The fraction of sp³-hybridized carbons (Fsp3) is 0.143. The fourth-order valence-electron chi connectivity index (χ4n) is 0.878. The number of rotatable bonds is 2. The molecule has 0 aliphatic rings. The van der Waals surface area contributed by atoms with Crippen molar-refractivity contribution in [1.29, 1.82) is 0 Å². The average Bonchev–Trinajstić information content (AvgIpc) is 2.07. The maximum Gasteiger partial charge on any atom is 0.266 e. The highest BCUT2D eigenvalue weighted by Gasteiger charge is 2.25. The molecule has 0 aliphatic heterocycles. The molecule has 0 aliphatic carbocycles. The van der Waals surface area contributed by atoms with Crippen molar-refractivity contribution in [3.8, 4) is 0 Å². The van der Waals surface area contributed by atoms with Gasteiger partial charge in [-0.15, -0.1) is 0 Å². The lowest BCUT2D eigenvalue weighted by Gasteiger charge is -2.06. The van der Waals surface area contributed by atoms with Crippen molar-refractivity contribution in [2.45, 2.75) is 6.43 Å². The molecule has 0 saturated carbocycles. The van der Waals surface area contributed by atoms with Gasteiger partial charge in [0.05, 0.1) is 16.1 Å². The summed E-state index contributed by atoms with van der Waals surface area (Å²) < 4.78 is 37.5. The summed E-state index contributed by atoms with van der Waals surface area (Å²) in [6.07, 6.45) is -2.39. The van der Waals surface area contributed by atoms with Crippen molar-refractivity contribution in [1.82, 2.24) is 4.98 Å². The molecule has 1 heterocycles. The molecule has 0 bridgehead atoms. The standard InChI is InChI=1S/C7H2Cl2F3NO/c8-2-1-13-7(12)4(5(9)14)3(2)6(10)11/h1,6H. The van der Waals surface area contributed by atoms with E-state index in [1.165, 1.54) is 0 Å². The van der Waals surface area contributed by atoms with Crippen LogP contribution < -0.4 is 0 Å². The lowest BCUT2D eigenvalue weighted by molar-refractivity contribution is 0.106. The second kappa shape index (κ2) is 4.14. The molecule has 0 saturated heterocycles. The first-order valence-corrected chi connectivity index (χ1v) is 4.02. The van der Waals surface area contributed by atoms with E-state index in [1.54, 1.807) is 0 Å². The van der Waals surface area contributed by atoms with Crippen molar-refractivity contribution < 1.29 is 18.0 Å². The van der Waals surface area contributed by atoms with E-state index in [1.807, 2.05) is 0 Å². The fourth-order valence-corrected chi connectivity index (χ4v) is 1.28. The van der Waals surface area contributed by atoms with Gasteiger partial charge in [0.15, 0.2) is 0 Å². The zero-order valence-corrected chi connectivity index (χ0v) is 7.91. The van der Waals surface area contributed by atoms with E-state index in [2.05, 4.69) is 4.98 Å². The Balaban J connectivity index is 3.50. The Morgan fingerprint density at radius 2 is 2.07 bits per heavy atom. The summed E-state index contributed by atoms with van der Waals surface area (Å²) in [6, 6.07) is 0. The van der Waals surface area contributed by atoms with Crippen molar-refractivity contribution >= 4 is 28.4 Å². The second-order valence-electron chi connectivity index (χ2n) is 2.26. The smallest absolute Gasteiger partial charge is 0.266 e. The molecule has 0 amide bonds. The molecule has 2 nitrogen and oxygen atoms in total. The van der Waals surface area contributed by atoms with E-state index in [9.17, 15) is 18.0 Å². The Morgan fingerprint density at radius 1 is 1.50 bits per heavy atom.